The molecule has 2 aromatic carbocycles. The molecular weight excluding hydrogens is 335 g/mol. The summed E-state index contributed by atoms with van der Waals surface area (Å²) in [4.78, 5) is 12.5. The molecule has 0 saturated heterocycles. The molecular formula is C22H26NaO3. The summed E-state index contributed by atoms with van der Waals surface area (Å²) in [6.07, 6.45) is 7.79. The molecule has 0 unspecified atom stereocenters. The summed E-state index contributed by atoms with van der Waals surface area (Å²) < 4.78 is 11.4. The molecule has 133 valence electrons. The average Bonchev–Trinajstić information content (AvgIpc) is 2.65. The second-order valence-electron chi connectivity index (χ2n) is 6.57. The van der Waals surface area contributed by atoms with E-state index in [1.54, 1.807) is 0 Å². The molecule has 0 aromatic heterocycles. The topological polar surface area (TPSA) is 35.5 Å². The Labute approximate surface area is 178 Å². The molecule has 3 rings (SSSR count). The third-order valence-corrected chi connectivity index (χ3v) is 4.64. The number of benzene rings is 2. The number of hydrogen-bond acceptors (Lipinski definition) is 3. The fourth-order valence-corrected chi connectivity index (χ4v) is 3.22. The van der Waals surface area contributed by atoms with Gasteiger partial charge in [0.15, 0.2) is 0 Å². The Morgan fingerprint density at radius 1 is 0.962 bits per heavy atom. The van der Waals surface area contributed by atoms with Crippen LogP contribution >= 0.6 is 0 Å². The van der Waals surface area contributed by atoms with Crippen LogP contribution in [0.5, 0.6) is 11.5 Å². The third kappa shape index (κ3) is 5.35. The fourth-order valence-electron chi connectivity index (χ4n) is 3.22. The normalized spacial score (nSPS) is 11.6. The first-order chi connectivity index (χ1) is 12.3. The van der Waals surface area contributed by atoms with Crippen LogP contribution in [0.25, 0.3) is 0 Å². The zero-order chi connectivity index (χ0) is 17.5. The number of esters is 1. The zero-order valence-corrected chi connectivity index (χ0v) is 17.9. The maximum absolute atomic E-state index is 12.5. The van der Waals surface area contributed by atoms with Crippen LogP contribution in [0.4, 0.5) is 0 Å². The van der Waals surface area contributed by atoms with Gasteiger partial charge in [-0.15, -0.1) is 0 Å². The zero-order valence-electron chi connectivity index (χ0n) is 15.9. The SMILES string of the molecule is CCCCCCCCOC(=O)c1cccc2c1Cc1ccccc1O2.[Na]. The van der Waals surface area contributed by atoms with Crippen molar-refractivity contribution in [2.24, 2.45) is 0 Å². The van der Waals surface area contributed by atoms with Crippen molar-refractivity contribution in [3.05, 3.63) is 59.2 Å². The minimum Gasteiger partial charge on any atom is -0.462 e. The molecule has 3 nitrogen and oxygen atoms in total. The predicted octanol–water partition coefficient (Wildman–Crippen LogP) is 5.52. The number of unbranched alkanes of at least 4 members (excludes halogenated alkanes) is 5. The molecule has 0 saturated carbocycles. The standard InChI is InChI=1S/C22H26O3.Na/c1-2-3-4-5-6-9-15-24-22(23)18-12-10-14-21-19(18)16-17-11-7-8-13-20(17)25-21;/h7-8,10-14H,2-6,9,15-16H2,1H3;. The van der Waals surface area contributed by atoms with Gasteiger partial charge in [-0.1, -0.05) is 63.3 Å². The van der Waals surface area contributed by atoms with E-state index in [4.69, 9.17) is 9.47 Å². The second-order valence-corrected chi connectivity index (χ2v) is 6.57. The van der Waals surface area contributed by atoms with Crippen LogP contribution in [0.2, 0.25) is 0 Å². The van der Waals surface area contributed by atoms with E-state index in [1.807, 2.05) is 42.5 Å². The van der Waals surface area contributed by atoms with Gasteiger partial charge in [0.05, 0.1) is 12.2 Å². The largest absolute Gasteiger partial charge is 0.462 e. The Bertz CT molecular complexity index is 727. The average molecular weight is 361 g/mol. The molecule has 0 amide bonds. The van der Waals surface area contributed by atoms with E-state index in [1.165, 1.54) is 25.7 Å². The van der Waals surface area contributed by atoms with Crippen molar-refractivity contribution in [2.45, 2.75) is 51.9 Å². The molecule has 26 heavy (non-hydrogen) atoms. The smallest absolute Gasteiger partial charge is 0.338 e. The van der Waals surface area contributed by atoms with Gasteiger partial charge in [0, 0.05) is 41.5 Å². The minimum absolute atomic E-state index is 0. The van der Waals surface area contributed by atoms with Crippen LogP contribution in [-0.4, -0.2) is 42.1 Å². The van der Waals surface area contributed by atoms with Crippen molar-refractivity contribution in [1.29, 1.82) is 0 Å². The van der Waals surface area contributed by atoms with Crippen LogP contribution in [-0.2, 0) is 11.2 Å². The van der Waals surface area contributed by atoms with Gasteiger partial charge in [0.1, 0.15) is 11.5 Å². The van der Waals surface area contributed by atoms with Crippen molar-refractivity contribution in [3.8, 4) is 11.5 Å². The first kappa shape index (κ1) is 21.0. The fraction of sp³-hybridized carbons (Fsp3) is 0.409. The van der Waals surface area contributed by atoms with Crippen molar-refractivity contribution in [1.82, 2.24) is 0 Å². The third-order valence-electron chi connectivity index (χ3n) is 4.64. The molecule has 0 aliphatic carbocycles. The van der Waals surface area contributed by atoms with E-state index in [0.717, 1.165) is 35.5 Å². The molecule has 1 aliphatic heterocycles. The van der Waals surface area contributed by atoms with Gasteiger partial charge in [-0.3, -0.25) is 0 Å². The van der Waals surface area contributed by atoms with E-state index in [9.17, 15) is 4.79 Å². The summed E-state index contributed by atoms with van der Waals surface area (Å²) in [6, 6.07) is 13.6. The Kier molecular flexibility index (Phi) is 8.70. The van der Waals surface area contributed by atoms with Crippen molar-refractivity contribution in [2.75, 3.05) is 6.61 Å². The van der Waals surface area contributed by atoms with Gasteiger partial charge in [0.2, 0.25) is 0 Å². The summed E-state index contributed by atoms with van der Waals surface area (Å²) in [5.74, 6) is 1.38. The number of rotatable bonds is 8. The Balaban J connectivity index is 0.00000243. The maximum atomic E-state index is 12.5. The van der Waals surface area contributed by atoms with Crippen LogP contribution < -0.4 is 4.74 Å². The van der Waals surface area contributed by atoms with E-state index in [-0.39, 0.29) is 35.5 Å². The molecule has 2 aromatic rings. The number of hydrogen-bond donors (Lipinski definition) is 0. The number of ether oxygens (including phenoxy) is 2. The van der Waals surface area contributed by atoms with Gasteiger partial charge in [-0.25, -0.2) is 4.79 Å². The summed E-state index contributed by atoms with van der Waals surface area (Å²) in [7, 11) is 0. The minimum atomic E-state index is -0.242. The first-order valence-corrected chi connectivity index (χ1v) is 9.34. The molecule has 0 bridgehead atoms. The Hall–Kier alpha value is -1.29. The number of carbonyl (C=O) groups is 1. The van der Waals surface area contributed by atoms with Gasteiger partial charge in [-0.2, -0.15) is 0 Å². The van der Waals surface area contributed by atoms with Crippen molar-refractivity contribution >= 4 is 35.5 Å². The van der Waals surface area contributed by atoms with Crippen molar-refractivity contribution < 1.29 is 14.3 Å². The van der Waals surface area contributed by atoms with Gasteiger partial charge >= 0.3 is 5.97 Å². The van der Waals surface area contributed by atoms with E-state index in [0.29, 0.717) is 18.6 Å². The molecule has 0 atom stereocenters. The van der Waals surface area contributed by atoms with Crippen LogP contribution in [0.15, 0.2) is 42.5 Å². The number of fused-ring (bicyclic) bond motifs is 2. The summed E-state index contributed by atoms with van der Waals surface area (Å²) in [5, 5.41) is 0. The molecule has 1 radical (unpaired) electrons. The van der Waals surface area contributed by atoms with Gasteiger partial charge < -0.3 is 9.47 Å². The van der Waals surface area contributed by atoms with E-state index < -0.39 is 0 Å². The van der Waals surface area contributed by atoms with E-state index in [2.05, 4.69) is 6.92 Å². The van der Waals surface area contributed by atoms with Gasteiger partial charge in [0.25, 0.3) is 0 Å². The van der Waals surface area contributed by atoms with Gasteiger partial charge in [-0.05, 0) is 30.2 Å². The number of para-hydroxylation sites is 1. The second kappa shape index (κ2) is 10.8. The molecule has 1 heterocycles. The Morgan fingerprint density at radius 2 is 1.69 bits per heavy atom. The van der Waals surface area contributed by atoms with Crippen LogP contribution in [0.1, 0.15) is 66.9 Å². The van der Waals surface area contributed by atoms with Crippen molar-refractivity contribution in [3.63, 3.8) is 0 Å². The first-order valence-electron chi connectivity index (χ1n) is 9.34. The number of carbonyl (C=O) groups excluding carboxylic acids is 1. The summed E-state index contributed by atoms with van der Waals surface area (Å²) in [5.41, 5.74) is 2.65. The quantitative estimate of drug-likeness (QED) is 0.301. The summed E-state index contributed by atoms with van der Waals surface area (Å²) in [6.45, 7) is 2.70. The van der Waals surface area contributed by atoms with Crippen LogP contribution in [0.3, 0.4) is 0 Å². The molecule has 4 heteroatoms. The molecule has 1 aliphatic rings. The summed E-state index contributed by atoms with van der Waals surface area (Å²) >= 11 is 0. The molecule has 0 fully saturated rings. The molecule has 0 N–H and O–H groups in total. The Morgan fingerprint density at radius 3 is 2.54 bits per heavy atom. The predicted molar refractivity (Wildman–Crippen MR) is 105 cm³/mol. The van der Waals surface area contributed by atoms with Crippen LogP contribution in [0, 0.1) is 0 Å². The maximum Gasteiger partial charge on any atom is 0.338 e. The molecule has 0 spiro atoms. The monoisotopic (exact) mass is 361 g/mol. The van der Waals surface area contributed by atoms with E-state index >= 15 is 0 Å².